The highest BCUT2D eigenvalue weighted by molar-refractivity contribution is 5.73. The maximum absolute atomic E-state index is 11.0. The zero-order chi connectivity index (χ0) is 12.3. The molecule has 17 heavy (non-hydrogen) atoms. The van der Waals surface area contributed by atoms with Crippen molar-refractivity contribution in [3.63, 3.8) is 0 Å². The van der Waals surface area contributed by atoms with E-state index in [0.29, 0.717) is 6.54 Å². The summed E-state index contributed by atoms with van der Waals surface area (Å²) in [5.74, 6) is -0.524. The summed E-state index contributed by atoms with van der Waals surface area (Å²) in [6.07, 6.45) is 2.43. The molecule has 0 unspecified atom stereocenters. The predicted octanol–water partition coefficient (Wildman–Crippen LogP) is 1.28. The summed E-state index contributed by atoms with van der Waals surface area (Å²) < 4.78 is 0. The van der Waals surface area contributed by atoms with Crippen LogP contribution in [0.25, 0.3) is 0 Å². The van der Waals surface area contributed by atoms with Crippen LogP contribution in [0.1, 0.15) is 18.4 Å². The number of benzene rings is 1. The molecule has 0 aliphatic carbocycles. The highest BCUT2D eigenvalue weighted by Gasteiger charge is 2.29. The molecule has 0 amide bonds. The summed E-state index contributed by atoms with van der Waals surface area (Å²) in [6.45, 7) is 1.56. The molecule has 1 heterocycles. The van der Waals surface area contributed by atoms with Crippen LogP contribution in [-0.4, -0.2) is 40.2 Å². The van der Waals surface area contributed by atoms with Crippen LogP contribution < -0.4 is 0 Å². The summed E-state index contributed by atoms with van der Waals surface area (Å²) in [5, 5.41) is 18.3. The first-order valence-corrected chi connectivity index (χ1v) is 5.82. The number of carboxylic acids is 1. The third-order valence-corrected chi connectivity index (χ3v) is 3.17. The number of hydrogen-bond acceptors (Lipinski definition) is 3. The Morgan fingerprint density at radius 1 is 1.53 bits per heavy atom. The standard InChI is InChI=1S/C13H16NO3/c15-11-4-1-3-10(9-11)6-8-14-7-2-5-12(14)13(16)17/h3-4,9,12,15H,2,5-8H2,(H,16,17)/t12-/m0/s1. The van der Waals surface area contributed by atoms with E-state index >= 15 is 0 Å². The van der Waals surface area contributed by atoms with Gasteiger partial charge in [-0.2, -0.15) is 0 Å². The molecule has 0 bridgehead atoms. The maximum Gasteiger partial charge on any atom is 0.320 e. The van der Waals surface area contributed by atoms with Crippen LogP contribution in [0.2, 0.25) is 0 Å². The first-order chi connectivity index (χ1) is 8.16. The zero-order valence-corrected chi connectivity index (χ0v) is 9.59. The third kappa shape index (κ3) is 2.97. The minimum atomic E-state index is -0.732. The Hall–Kier alpha value is -1.55. The van der Waals surface area contributed by atoms with Crippen LogP contribution in [0.4, 0.5) is 0 Å². The van der Waals surface area contributed by atoms with Crippen molar-refractivity contribution >= 4 is 5.97 Å². The molecule has 1 aliphatic heterocycles. The zero-order valence-electron chi connectivity index (χ0n) is 9.59. The average molecular weight is 234 g/mol. The molecule has 1 aliphatic rings. The minimum Gasteiger partial charge on any atom is -0.508 e. The van der Waals surface area contributed by atoms with E-state index < -0.39 is 5.97 Å². The van der Waals surface area contributed by atoms with E-state index in [4.69, 9.17) is 5.11 Å². The summed E-state index contributed by atoms with van der Waals surface area (Å²) in [4.78, 5) is 13.0. The second-order valence-corrected chi connectivity index (χ2v) is 4.38. The lowest BCUT2D eigenvalue weighted by Crippen LogP contribution is -2.37. The Morgan fingerprint density at radius 2 is 2.35 bits per heavy atom. The van der Waals surface area contributed by atoms with Gasteiger partial charge < -0.3 is 10.2 Å². The normalized spacial score (nSPS) is 20.6. The molecule has 4 heteroatoms. The minimum absolute atomic E-state index is 0.207. The van der Waals surface area contributed by atoms with Crippen molar-refractivity contribution in [3.05, 3.63) is 29.8 Å². The lowest BCUT2D eigenvalue weighted by Gasteiger charge is -2.20. The van der Waals surface area contributed by atoms with Crippen LogP contribution in [0.3, 0.4) is 0 Å². The molecule has 1 aromatic carbocycles. The number of carbonyl (C=O) groups is 1. The fourth-order valence-electron chi connectivity index (χ4n) is 2.30. The Bertz CT molecular complexity index is 405. The van der Waals surface area contributed by atoms with Crippen molar-refractivity contribution in [2.24, 2.45) is 0 Å². The SMILES string of the molecule is O=C(O)[C@@H]1CCCN1CCc1c[c]cc(O)c1. The number of aliphatic carboxylic acids is 1. The largest absolute Gasteiger partial charge is 0.508 e. The molecule has 1 saturated heterocycles. The molecule has 4 nitrogen and oxygen atoms in total. The van der Waals surface area contributed by atoms with Crippen molar-refractivity contribution in [3.8, 4) is 5.75 Å². The van der Waals surface area contributed by atoms with Crippen molar-refractivity contribution in [1.82, 2.24) is 4.90 Å². The topological polar surface area (TPSA) is 60.8 Å². The third-order valence-electron chi connectivity index (χ3n) is 3.17. The van der Waals surface area contributed by atoms with Crippen LogP contribution >= 0.6 is 0 Å². The van der Waals surface area contributed by atoms with Gasteiger partial charge in [0.25, 0.3) is 0 Å². The smallest absolute Gasteiger partial charge is 0.320 e. The fraction of sp³-hybridized carbons (Fsp3) is 0.462. The highest BCUT2D eigenvalue weighted by atomic mass is 16.4. The van der Waals surface area contributed by atoms with Gasteiger partial charge in [-0.3, -0.25) is 9.69 Å². The van der Waals surface area contributed by atoms with Gasteiger partial charge in [0.2, 0.25) is 0 Å². The van der Waals surface area contributed by atoms with E-state index in [0.717, 1.165) is 31.4 Å². The highest BCUT2D eigenvalue weighted by Crippen LogP contribution is 2.18. The molecule has 0 aromatic heterocycles. The monoisotopic (exact) mass is 234 g/mol. The number of hydrogen-bond donors (Lipinski definition) is 2. The van der Waals surface area contributed by atoms with Crippen LogP contribution in [-0.2, 0) is 11.2 Å². The van der Waals surface area contributed by atoms with Gasteiger partial charge in [-0.15, -0.1) is 0 Å². The van der Waals surface area contributed by atoms with Crippen LogP contribution in [0.5, 0.6) is 5.75 Å². The quantitative estimate of drug-likeness (QED) is 0.824. The summed E-state index contributed by atoms with van der Waals surface area (Å²) in [6, 6.07) is 7.55. The molecule has 0 saturated carbocycles. The van der Waals surface area contributed by atoms with Gasteiger partial charge in [0.1, 0.15) is 11.8 Å². The Kier molecular flexibility index (Phi) is 3.64. The molecule has 1 atom stereocenters. The average Bonchev–Trinajstić information content (AvgIpc) is 2.74. The van der Waals surface area contributed by atoms with Crippen molar-refractivity contribution in [2.75, 3.05) is 13.1 Å². The molecular weight excluding hydrogens is 218 g/mol. The van der Waals surface area contributed by atoms with E-state index in [1.165, 1.54) is 6.07 Å². The van der Waals surface area contributed by atoms with Gasteiger partial charge in [0, 0.05) is 6.54 Å². The number of carboxylic acid groups (broad SMARTS) is 1. The van der Waals surface area contributed by atoms with E-state index in [2.05, 4.69) is 6.07 Å². The van der Waals surface area contributed by atoms with E-state index in [9.17, 15) is 9.90 Å². The van der Waals surface area contributed by atoms with Gasteiger partial charge in [-0.1, -0.05) is 6.07 Å². The number of phenolic OH excluding ortho intramolecular Hbond substituents is 1. The molecule has 0 spiro atoms. The first kappa shape index (κ1) is 11.9. The Balaban J connectivity index is 1.91. The number of rotatable bonds is 4. The summed E-state index contributed by atoms with van der Waals surface area (Å²) in [5.41, 5.74) is 0.987. The van der Waals surface area contributed by atoms with Gasteiger partial charge in [-0.05, 0) is 49.6 Å². The molecule has 2 rings (SSSR count). The van der Waals surface area contributed by atoms with Gasteiger partial charge in [0.05, 0.1) is 0 Å². The van der Waals surface area contributed by atoms with Gasteiger partial charge >= 0.3 is 5.97 Å². The number of aromatic hydroxyl groups is 1. The Labute approximate surface area is 100 Å². The van der Waals surface area contributed by atoms with Crippen molar-refractivity contribution in [1.29, 1.82) is 0 Å². The van der Waals surface area contributed by atoms with Crippen molar-refractivity contribution in [2.45, 2.75) is 25.3 Å². The molecule has 1 aromatic rings. The lowest BCUT2D eigenvalue weighted by molar-refractivity contribution is -0.142. The van der Waals surface area contributed by atoms with Crippen molar-refractivity contribution < 1.29 is 15.0 Å². The molecule has 1 fully saturated rings. The molecule has 1 radical (unpaired) electrons. The molecule has 2 N–H and O–H groups in total. The lowest BCUT2D eigenvalue weighted by atomic mass is 10.1. The number of nitrogens with zero attached hydrogens (tertiary/aromatic N) is 1. The first-order valence-electron chi connectivity index (χ1n) is 5.82. The number of phenols is 1. The number of likely N-dealkylation sites (tertiary alicyclic amines) is 1. The summed E-state index contributed by atoms with van der Waals surface area (Å²) in [7, 11) is 0. The van der Waals surface area contributed by atoms with Crippen LogP contribution in [0, 0.1) is 6.07 Å². The van der Waals surface area contributed by atoms with Crippen LogP contribution in [0.15, 0.2) is 18.2 Å². The predicted molar refractivity (Wildman–Crippen MR) is 62.9 cm³/mol. The summed E-state index contributed by atoms with van der Waals surface area (Å²) >= 11 is 0. The van der Waals surface area contributed by atoms with E-state index in [1.807, 2.05) is 11.0 Å². The van der Waals surface area contributed by atoms with E-state index in [-0.39, 0.29) is 11.8 Å². The maximum atomic E-state index is 11.0. The second-order valence-electron chi connectivity index (χ2n) is 4.38. The second kappa shape index (κ2) is 5.19. The van der Waals surface area contributed by atoms with E-state index in [1.54, 1.807) is 6.07 Å². The fourth-order valence-corrected chi connectivity index (χ4v) is 2.30. The van der Waals surface area contributed by atoms with Gasteiger partial charge in [-0.25, -0.2) is 0 Å². The molecule has 91 valence electrons. The van der Waals surface area contributed by atoms with Gasteiger partial charge in [0.15, 0.2) is 0 Å². The Morgan fingerprint density at radius 3 is 3.06 bits per heavy atom. The molecular formula is C13H16NO3.